The lowest BCUT2D eigenvalue weighted by Gasteiger charge is -2.27. The van der Waals surface area contributed by atoms with E-state index in [0.717, 1.165) is 44.5 Å². The summed E-state index contributed by atoms with van der Waals surface area (Å²) >= 11 is 5.74. The Hall–Kier alpha value is -0.970. The van der Waals surface area contributed by atoms with Gasteiger partial charge in [-0.1, -0.05) is 25.4 Å². The van der Waals surface area contributed by atoms with Gasteiger partial charge >= 0.3 is 6.18 Å². The molecule has 2 nitrogen and oxygen atoms in total. The highest BCUT2D eigenvalue weighted by atomic mass is 35.5. The van der Waals surface area contributed by atoms with Gasteiger partial charge in [0.05, 0.1) is 5.56 Å². The maximum absolute atomic E-state index is 12.8. The van der Waals surface area contributed by atoms with Gasteiger partial charge < -0.3 is 4.90 Å². The number of hydrogen-bond acceptors (Lipinski definition) is 2. The van der Waals surface area contributed by atoms with Crippen LogP contribution in [0.1, 0.15) is 38.7 Å². The molecule has 0 aromatic carbocycles. The number of rotatable bonds is 3. The molecular weight excluding hydrogens is 289 g/mol. The van der Waals surface area contributed by atoms with E-state index in [1.54, 1.807) is 0 Å². The zero-order chi connectivity index (χ0) is 15.0. The summed E-state index contributed by atoms with van der Waals surface area (Å²) in [4.78, 5) is 5.97. The van der Waals surface area contributed by atoms with Crippen molar-refractivity contribution in [3.63, 3.8) is 0 Å². The van der Waals surface area contributed by atoms with E-state index < -0.39 is 11.7 Å². The SMILES string of the molecule is CCC1(CC)CCN(c2cc(C(F)(F)F)cc(Cl)n2)C1. The molecule has 1 saturated heterocycles. The number of aromatic nitrogens is 1. The molecule has 1 aliphatic rings. The van der Waals surface area contributed by atoms with Crippen LogP contribution in [0.4, 0.5) is 19.0 Å². The van der Waals surface area contributed by atoms with Gasteiger partial charge in [-0.05, 0) is 36.8 Å². The molecule has 0 bridgehead atoms. The van der Waals surface area contributed by atoms with Gasteiger partial charge in [0.1, 0.15) is 11.0 Å². The van der Waals surface area contributed by atoms with Crippen molar-refractivity contribution in [1.29, 1.82) is 0 Å². The van der Waals surface area contributed by atoms with Gasteiger partial charge in [-0.25, -0.2) is 4.98 Å². The molecule has 0 saturated carbocycles. The van der Waals surface area contributed by atoms with E-state index in [0.29, 0.717) is 5.82 Å². The Morgan fingerprint density at radius 3 is 2.45 bits per heavy atom. The summed E-state index contributed by atoms with van der Waals surface area (Å²) in [5, 5.41) is -0.111. The summed E-state index contributed by atoms with van der Waals surface area (Å²) in [6.07, 6.45) is -1.37. The molecule has 1 aliphatic heterocycles. The second kappa shape index (κ2) is 5.43. The Labute approximate surface area is 121 Å². The molecule has 0 aliphatic carbocycles. The van der Waals surface area contributed by atoms with Gasteiger partial charge in [0.15, 0.2) is 0 Å². The van der Waals surface area contributed by atoms with Crippen molar-refractivity contribution in [1.82, 2.24) is 4.98 Å². The molecule has 0 N–H and O–H groups in total. The molecule has 0 atom stereocenters. The minimum atomic E-state index is -4.40. The van der Waals surface area contributed by atoms with Crippen LogP contribution in [0.25, 0.3) is 0 Å². The minimum absolute atomic E-state index is 0.111. The normalized spacial score (nSPS) is 18.6. The zero-order valence-corrected chi connectivity index (χ0v) is 12.4. The Balaban J connectivity index is 2.29. The Bertz CT molecular complexity index is 484. The molecule has 0 unspecified atom stereocenters. The quantitative estimate of drug-likeness (QED) is 0.748. The second-order valence-corrected chi connectivity index (χ2v) is 5.80. The number of alkyl halides is 3. The van der Waals surface area contributed by atoms with Gasteiger partial charge in [-0.3, -0.25) is 0 Å². The van der Waals surface area contributed by atoms with Crippen molar-refractivity contribution >= 4 is 17.4 Å². The highest BCUT2D eigenvalue weighted by molar-refractivity contribution is 6.29. The first-order valence-corrected chi connectivity index (χ1v) is 7.17. The molecular formula is C14H18ClF3N2. The number of nitrogens with zero attached hydrogens (tertiary/aromatic N) is 2. The highest BCUT2D eigenvalue weighted by Gasteiger charge is 2.37. The highest BCUT2D eigenvalue weighted by Crippen LogP contribution is 2.40. The third-order valence-electron chi connectivity index (χ3n) is 4.37. The van der Waals surface area contributed by atoms with Gasteiger partial charge in [0, 0.05) is 13.1 Å². The van der Waals surface area contributed by atoms with Crippen molar-refractivity contribution in [2.45, 2.75) is 39.3 Å². The van der Waals surface area contributed by atoms with Gasteiger partial charge in [-0.2, -0.15) is 13.2 Å². The van der Waals surface area contributed by atoms with Crippen molar-refractivity contribution in [2.75, 3.05) is 18.0 Å². The summed E-state index contributed by atoms with van der Waals surface area (Å²) in [6, 6.07) is 1.96. The molecule has 0 amide bonds. The van der Waals surface area contributed by atoms with Crippen LogP contribution in [0, 0.1) is 5.41 Å². The number of pyridine rings is 1. The molecule has 2 heterocycles. The Morgan fingerprint density at radius 1 is 1.30 bits per heavy atom. The van der Waals surface area contributed by atoms with Crippen LogP contribution in [0.3, 0.4) is 0 Å². The molecule has 0 radical (unpaired) electrons. The first-order valence-electron chi connectivity index (χ1n) is 6.79. The van der Waals surface area contributed by atoms with E-state index in [9.17, 15) is 13.2 Å². The fourth-order valence-electron chi connectivity index (χ4n) is 2.77. The van der Waals surface area contributed by atoms with Crippen LogP contribution in [0.5, 0.6) is 0 Å². The molecule has 112 valence electrons. The summed E-state index contributed by atoms with van der Waals surface area (Å²) in [5.41, 5.74) is -0.555. The summed E-state index contributed by atoms with van der Waals surface area (Å²) in [5.74, 6) is 0.327. The van der Waals surface area contributed by atoms with Gasteiger partial charge in [0.2, 0.25) is 0 Å². The van der Waals surface area contributed by atoms with E-state index >= 15 is 0 Å². The van der Waals surface area contributed by atoms with Crippen molar-refractivity contribution in [3.05, 3.63) is 22.8 Å². The molecule has 1 fully saturated rings. The molecule has 1 aromatic heterocycles. The fraction of sp³-hybridized carbons (Fsp3) is 0.643. The third kappa shape index (κ3) is 3.03. The first-order chi connectivity index (χ1) is 9.29. The molecule has 6 heteroatoms. The summed E-state index contributed by atoms with van der Waals surface area (Å²) in [7, 11) is 0. The van der Waals surface area contributed by atoms with Gasteiger partial charge in [-0.15, -0.1) is 0 Å². The lowest BCUT2D eigenvalue weighted by molar-refractivity contribution is -0.137. The molecule has 1 aromatic rings. The standard InChI is InChI=1S/C14H18ClF3N2/c1-3-13(4-2)5-6-20(9-13)12-8-10(14(16,17)18)7-11(15)19-12/h7-8H,3-6,9H2,1-2H3. The average Bonchev–Trinajstić information content (AvgIpc) is 2.82. The fourth-order valence-corrected chi connectivity index (χ4v) is 2.97. The number of halogens is 4. The lowest BCUT2D eigenvalue weighted by Crippen LogP contribution is -2.27. The van der Waals surface area contributed by atoms with E-state index in [2.05, 4.69) is 18.8 Å². The number of anilines is 1. The van der Waals surface area contributed by atoms with Crippen molar-refractivity contribution < 1.29 is 13.2 Å². The van der Waals surface area contributed by atoms with E-state index in [1.165, 1.54) is 0 Å². The number of hydrogen-bond donors (Lipinski definition) is 0. The smallest absolute Gasteiger partial charge is 0.356 e. The molecule has 20 heavy (non-hydrogen) atoms. The van der Waals surface area contributed by atoms with E-state index in [1.807, 2.05) is 4.90 Å². The minimum Gasteiger partial charge on any atom is -0.356 e. The van der Waals surface area contributed by atoms with Gasteiger partial charge in [0.25, 0.3) is 0 Å². The third-order valence-corrected chi connectivity index (χ3v) is 4.56. The van der Waals surface area contributed by atoms with Crippen LogP contribution in [0.15, 0.2) is 12.1 Å². The monoisotopic (exact) mass is 306 g/mol. The maximum atomic E-state index is 12.8. The second-order valence-electron chi connectivity index (χ2n) is 5.41. The van der Waals surface area contributed by atoms with E-state index in [-0.39, 0.29) is 10.6 Å². The van der Waals surface area contributed by atoms with Crippen LogP contribution in [0.2, 0.25) is 5.15 Å². The largest absolute Gasteiger partial charge is 0.416 e. The predicted octanol–water partition coefficient (Wildman–Crippen LogP) is 4.77. The lowest BCUT2D eigenvalue weighted by atomic mass is 9.82. The summed E-state index contributed by atoms with van der Waals surface area (Å²) < 4.78 is 38.4. The Morgan fingerprint density at radius 2 is 1.95 bits per heavy atom. The Kier molecular flexibility index (Phi) is 4.19. The first kappa shape index (κ1) is 15.4. The van der Waals surface area contributed by atoms with Crippen LogP contribution < -0.4 is 4.90 Å². The average molecular weight is 307 g/mol. The predicted molar refractivity (Wildman–Crippen MR) is 74.1 cm³/mol. The van der Waals surface area contributed by atoms with Crippen LogP contribution in [-0.4, -0.2) is 18.1 Å². The van der Waals surface area contributed by atoms with Crippen LogP contribution >= 0.6 is 11.6 Å². The molecule has 2 rings (SSSR count). The van der Waals surface area contributed by atoms with E-state index in [4.69, 9.17) is 11.6 Å². The summed E-state index contributed by atoms with van der Waals surface area (Å²) in [6.45, 7) is 5.72. The maximum Gasteiger partial charge on any atom is 0.416 e. The topological polar surface area (TPSA) is 16.1 Å². The van der Waals surface area contributed by atoms with Crippen molar-refractivity contribution in [2.24, 2.45) is 5.41 Å². The zero-order valence-electron chi connectivity index (χ0n) is 11.6. The molecule has 0 spiro atoms. The van der Waals surface area contributed by atoms with Crippen LogP contribution in [-0.2, 0) is 6.18 Å². The van der Waals surface area contributed by atoms with Crippen molar-refractivity contribution in [3.8, 4) is 0 Å².